The number of fused-ring (bicyclic) bond motifs is 3. The molecule has 0 heterocycles. The average molecular weight is 547 g/mol. The Bertz CT molecular complexity index is 1300. The van der Waals surface area contributed by atoms with E-state index in [1.54, 1.807) is 0 Å². The molecule has 0 bridgehead atoms. The zero-order valence-corrected chi connectivity index (χ0v) is 21.7. The Balaban J connectivity index is 1.75. The van der Waals surface area contributed by atoms with Crippen molar-refractivity contribution in [3.05, 3.63) is 23.0 Å². The lowest BCUT2D eigenvalue weighted by Crippen LogP contribution is -2.74. The molecule has 2 fully saturated rings. The van der Waals surface area contributed by atoms with Gasteiger partial charge in [-0.25, -0.2) is 4.39 Å². The number of nitrogens with two attached hydrogens (primary N) is 1. The van der Waals surface area contributed by atoms with Crippen LogP contribution < -0.4 is 16.4 Å². The van der Waals surface area contributed by atoms with Gasteiger partial charge in [0, 0.05) is 5.92 Å². The van der Waals surface area contributed by atoms with Gasteiger partial charge in [0.15, 0.2) is 46.2 Å². The first-order valence-corrected chi connectivity index (χ1v) is 12.7. The number of hydrogen-bond acceptors (Lipinski definition) is 10. The lowest BCUT2D eigenvalue weighted by molar-refractivity contribution is -0.181. The van der Waals surface area contributed by atoms with Crippen LogP contribution in [0.3, 0.4) is 0 Å². The molecular weight excluding hydrogens is 515 g/mol. The van der Waals surface area contributed by atoms with Crippen molar-refractivity contribution in [2.75, 3.05) is 32.5 Å². The number of phenols is 1. The van der Waals surface area contributed by atoms with Gasteiger partial charge in [0.25, 0.3) is 0 Å². The quantitative estimate of drug-likeness (QED) is 0.160. The third-order valence-electron chi connectivity index (χ3n) is 7.98. The van der Waals surface area contributed by atoms with Gasteiger partial charge in [0.1, 0.15) is 5.69 Å². The van der Waals surface area contributed by atoms with E-state index in [1.807, 2.05) is 6.92 Å². The number of amides is 2. The maximum absolute atomic E-state index is 15.0. The summed E-state index contributed by atoms with van der Waals surface area (Å²) in [6, 6.07) is -0.233. The lowest BCUT2D eigenvalue weighted by Gasteiger charge is -2.52. The van der Waals surface area contributed by atoms with Gasteiger partial charge in [-0.05, 0) is 57.5 Å². The van der Waals surface area contributed by atoms with Crippen LogP contribution >= 0.6 is 0 Å². The van der Waals surface area contributed by atoms with Gasteiger partial charge >= 0.3 is 0 Å². The average Bonchev–Trinajstić information content (AvgIpc) is 2.83. The van der Waals surface area contributed by atoms with E-state index in [-0.39, 0.29) is 24.9 Å². The van der Waals surface area contributed by atoms with E-state index in [2.05, 4.69) is 10.6 Å². The summed E-state index contributed by atoms with van der Waals surface area (Å²) < 4.78 is 15.0. The van der Waals surface area contributed by atoms with E-state index < -0.39 is 93.1 Å². The number of carbonyl (C=O) groups excluding carboxylic acids is 6. The number of ketones is 4. The second-order valence-corrected chi connectivity index (χ2v) is 10.6. The largest absolute Gasteiger partial charge is 0.505 e. The zero-order valence-electron chi connectivity index (χ0n) is 21.7. The van der Waals surface area contributed by atoms with E-state index in [1.165, 1.54) is 19.0 Å². The van der Waals surface area contributed by atoms with E-state index >= 15 is 0 Å². The molecule has 6 atom stereocenters. The van der Waals surface area contributed by atoms with E-state index in [9.17, 15) is 43.4 Å². The van der Waals surface area contributed by atoms with Crippen LogP contribution in [0, 0.1) is 29.5 Å². The predicted molar refractivity (Wildman–Crippen MR) is 133 cm³/mol. The molecule has 12 nitrogen and oxygen atoms in total. The number of likely N-dealkylation sites (N-methyl/N-ethyl adjacent to an activating group) is 1. The molecule has 39 heavy (non-hydrogen) atoms. The first-order chi connectivity index (χ1) is 18.3. The number of phenolic OH excluding ortho intramolecular Hbond substituents is 1. The number of halogens is 1. The third kappa shape index (κ3) is 4.34. The molecule has 2 saturated carbocycles. The number of primary amides is 1. The fourth-order valence-corrected chi connectivity index (χ4v) is 6.31. The molecule has 4 unspecified atom stereocenters. The summed E-state index contributed by atoms with van der Waals surface area (Å²) in [5, 5.41) is 27.5. The summed E-state index contributed by atoms with van der Waals surface area (Å²) >= 11 is 0. The number of aromatic hydroxyl groups is 1. The molecule has 1 aromatic carbocycles. The highest BCUT2D eigenvalue weighted by Crippen LogP contribution is 2.51. The number of hydrogen-bond donors (Lipinski definition) is 5. The van der Waals surface area contributed by atoms with Crippen molar-refractivity contribution in [2.45, 2.75) is 37.8 Å². The highest BCUT2D eigenvalue weighted by atomic mass is 19.1. The van der Waals surface area contributed by atoms with Crippen molar-refractivity contribution in [1.29, 1.82) is 0 Å². The Labute approximate surface area is 223 Å². The topological polar surface area (TPSA) is 196 Å². The second kappa shape index (κ2) is 10.2. The number of nitrogens with zero attached hydrogens (tertiary/aromatic N) is 1. The lowest BCUT2D eigenvalue weighted by atomic mass is 9.52. The molecule has 210 valence electrons. The van der Waals surface area contributed by atoms with E-state index in [4.69, 9.17) is 5.73 Å². The number of Topliss-reactive ketones (excluding diaryl/α,β-unsaturated/α-hetero) is 4. The van der Waals surface area contributed by atoms with Crippen LogP contribution in [0.25, 0.3) is 0 Å². The Kier molecular flexibility index (Phi) is 7.45. The molecule has 0 aliphatic heterocycles. The second-order valence-electron chi connectivity index (χ2n) is 10.6. The highest BCUT2D eigenvalue weighted by Gasteiger charge is 2.69. The fraction of sp³-hybridized carbons (Fsp3) is 0.538. The van der Waals surface area contributed by atoms with Gasteiger partial charge in [-0.1, -0.05) is 6.92 Å². The first kappa shape index (κ1) is 28.5. The number of aliphatic hydroxyl groups is 1. The molecule has 3 aliphatic rings. The monoisotopic (exact) mass is 546 g/mol. The Morgan fingerprint density at radius 1 is 1.21 bits per heavy atom. The number of benzene rings is 1. The molecule has 3 aliphatic carbocycles. The number of carbonyl (C=O) groups is 6. The van der Waals surface area contributed by atoms with Gasteiger partial charge in [0.05, 0.1) is 24.1 Å². The summed E-state index contributed by atoms with van der Waals surface area (Å²) in [6.45, 7) is 2.23. The Hall–Kier alpha value is -3.55. The SMILES string of the molecule is CCCNCC(=O)Nc1c(F)cc2c(c1O)C(=O)C1C(=O)[C@]3(O)C(=O)C(C(N)=O)C(=O)[C@@H](N(C)C)C3CC1C2. The molecule has 0 aromatic heterocycles. The molecular formula is C26H31FN4O8. The predicted octanol–water partition coefficient (Wildman–Crippen LogP) is -1.06. The molecule has 4 rings (SSSR count). The molecule has 1 aromatic rings. The molecule has 2 amide bonds. The minimum absolute atomic E-state index is 0.0808. The van der Waals surface area contributed by atoms with Crippen LogP contribution in [-0.4, -0.2) is 88.9 Å². The molecule has 13 heteroatoms. The Morgan fingerprint density at radius 3 is 2.46 bits per heavy atom. The van der Waals surface area contributed by atoms with Gasteiger partial charge in [-0.15, -0.1) is 0 Å². The van der Waals surface area contributed by atoms with Crippen molar-refractivity contribution in [3.8, 4) is 5.75 Å². The molecule has 0 radical (unpaired) electrons. The third-order valence-corrected chi connectivity index (χ3v) is 7.98. The van der Waals surface area contributed by atoms with Crippen molar-refractivity contribution in [3.63, 3.8) is 0 Å². The molecule has 0 saturated heterocycles. The van der Waals surface area contributed by atoms with Crippen LogP contribution in [0.4, 0.5) is 10.1 Å². The zero-order chi connectivity index (χ0) is 29.0. The van der Waals surface area contributed by atoms with Crippen molar-refractivity contribution >= 4 is 40.6 Å². The fourth-order valence-electron chi connectivity index (χ4n) is 6.31. The van der Waals surface area contributed by atoms with Gasteiger partial charge in [-0.2, -0.15) is 0 Å². The van der Waals surface area contributed by atoms with Crippen LogP contribution in [-0.2, 0) is 30.4 Å². The summed E-state index contributed by atoms with van der Waals surface area (Å²) in [6.07, 6.45) is 0.520. The minimum Gasteiger partial charge on any atom is -0.505 e. The highest BCUT2D eigenvalue weighted by molar-refractivity contribution is 6.32. The number of nitrogens with one attached hydrogen (secondary N) is 2. The normalized spacial score (nSPS) is 30.1. The maximum atomic E-state index is 15.0. The van der Waals surface area contributed by atoms with Crippen molar-refractivity contribution in [1.82, 2.24) is 10.2 Å². The van der Waals surface area contributed by atoms with E-state index in [0.717, 1.165) is 12.5 Å². The van der Waals surface area contributed by atoms with Crippen LogP contribution in [0.5, 0.6) is 5.75 Å². The summed E-state index contributed by atoms with van der Waals surface area (Å²) in [7, 11) is 2.96. The number of anilines is 1. The van der Waals surface area contributed by atoms with Crippen LogP contribution in [0.15, 0.2) is 6.07 Å². The summed E-state index contributed by atoms with van der Waals surface area (Å²) in [4.78, 5) is 79.4. The van der Waals surface area contributed by atoms with E-state index in [0.29, 0.717) is 6.54 Å². The maximum Gasteiger partial charge on any atom is 0.238 e. The minimum atomic E-state index is -2.85. The van der Waals surface area contributed by atoms with Crippen molar-refractivity contribution < 1.29 is 43.4 Å². The first-order valence-electron chi connectivity index (χ1n) is 12.7. The van der Waals surface area contributed by atoms with Gasteiger partial charge < -0.3 is 26.6 Å². The molecule has 6 N–H and O–H groups in total. The summed E-state index contributed by atoms with van der Waals surface area (Å²) in [5.41, 5.74) is 1.49. The smallest absolute Gasteiger partial charge is 0.238 e. The standard InChI is InChI=1S/C26H31FN4O8/c1-4-5-29-9-14(32)30-18-13(27)8-11-6-10-7-12-19(31(2)3)22(35)17(25(28)38)24(37)26(12,39)23(36)16(10)20(33)15(11)21(18)34/h8,10,12,16-17,19,29,34,39H,4-7,9H2,1-3H3,(H2,28,38)(H,30,32)/t10?,12?,16?,17?,19-,26-/m0/s1. The van der Waals surface area contributed by atoms with Crippen molar-refractivity contribution in [2.24, 2.45) is 29.4 Å². The Morgan fingerprint density at radius 2 is 1.87 bits per heavy atom. The van der Waals surface area contributed by atoms with Crippen LogP contribution in [0.2, 0.25) is 0 Å². The van der Waals surface area contributed by atoms with Crippen LogP contribution in [0.1, 0.15) is 35.7 Å². The molecule has 0 spiro atoms. The van der Waals surface area contributed by atoms with Gasteiger partial charge in [-0.3, -0.25) is 33.7 Å². The number of rotatable bonds is 7. The van der Waals surface area contributed by atoms with Gasteiger partial charge in [0.2, 0.25) is 11.8 Å². The summed E-state index contributed by atoms with van der Waals surface area (Å²) in [5.74, 6) is -14.0.